The molecule has 1 aromatic heterocycles. The van der Waals surface area contributed by atoms with Crippen LogP contribution in [0.4, 0.5) is 0 Å². The monoisotopic (exact) mass is 266 g/mol. The zero-order valence-corrected chi connectivity index (χ0v) is 12.4. The molecule has 5 nitrogen and oxygen atoms in total. The highest BCUT2D eigenvalue weighted by Gasteiger charge is 2.31. The van der Waals surface area contributed by atoms with Gasteiger partial charge >= 0.3 is 0 Å². The van der Waals surface area contributed by atoms with E-state index in [1.54, 1.807) is 0 Å². The average molecular weight is 266 g/mol. The number of nitrogens with zero attached hydrogens (tertiary/aromatic N) is 3. The first-order chi connectivity index (χ1) is 9.28. The van der Waals surface area contributed by atoms with E-state index in [1.807, 2.05) is 7.05 Å². The van der Waals surface area contributed by atoms with Gasteiger partial charge in [0.25, 0.3) is 0 Å². The number of hydrogen-bond acceptors (Lipinski definition) is 5. The van der Waals surface area contributed by atoms with E-state index in [0.29, 0.717) is 12.0 Å². The number of rotatable bonds is 7. The molecule has 1 heterocycles. The molecule has 5 heteroatoms. The maximum atomic E-state index is 5.46. The zero-order chi connectivity index (χ0) is 13.7. The van der Waals surface area contributed by atoms with E-state index in [-0.39, 0.29) is 0 Å². The van der Waals surface area contributed by atoms with Crippen LogP contribution in [0.25, 0.3) is 0 Å². The van der Waals surface area contributed by atoms with Crippen molar-refractivity contribution in [3.05, 3.63) is 11.7 Å². The maximum absolute atomic E-state index is 5.46. The van der Waals surface area contributed by atoms with Gasteiger partial charge in [0.1, 0.15) is 0 Å². The predicted molar refractivity (Wildman–Crippen MR) is 75.2 cm³/mol. The number of aromatic nitrogens is 2. The Bertz CT molecular complexity index is 375. The lowest BCUT2D eigenvalue weighted by Crippen LogP contribution is -2.27. The first-order valence-corrected chi connectivity index (χ1v) is 7.50. The molecule has 1 aliphatic carbocycles. The Morgan fingerprint density at radius 3 is 2.79 bits per heavy atom. The van der Waals surface area contributed by atoms with E-state index in [1.165, 1.54) is 12.8 Å². The summed E-state index contributed by atoms with van der Waals surface area (Å²) in [6, 6.07) is 0.496. The van der Waals surface area contributed by atoms with Gasteiger partial charge in [-0.05, 0) is 33.0 Å². The average Bonchev–Trinajstić information content (AvgIpc) is 3.07. The first-order valence-electron chi connectivity index (χ1n) is 7.50. The van der Waals surface area contributed by atoms with Crippen LogP contribution in [0, 0.1) is 0 Å². The molecule has 0 radical (unpaired) electrons. The summed E-state index contributed by atoms with van der Waals surface area (Å²) in [5, 5.41) is 7.48. The highest BCUT2D eigenvalue weighted by molar-refractivity contribution is 5.02. The van der Waals surface area contributed by atoms with E-state index >= 15 is 0 Å². The smallest absolute Gasteiger partial charge is 0.231 e. The van der Waals surface area contributed by atoms with Gasteiger partial charge in [0.2, 0.25) is 5.89 Å². The zero-order valence-electron chi connectivity index (χ0n) is 12.4. The molecule has 2 rings (SSSR count). The highest BCUT2D eigenvalue weighted by Crippen LogP contribution is 2.33. The van der Waals surface area contributed by atoms with Crippen LogP contribution in [0.15, 0.2) is 4.52 Å². The van der Waals surface area contributed by atoms with Crippen LogP contribution in [0.2, 0.25) is 0 Å². The fraction of sp³-hybridized carbons (Fsp3) is 0.857. The van der Waals surface area contributed by atoms with E-state index in [4.69, 9.17) is 4.52 Å². The summed E-state index contributed by atoms with van der Waals surface area (Å²) in [6.07, 6.45) is 4.48. The fourth-order valence-corrected chi connectivity index (χ4v) is 2.92. The lowest BCUT2D eigenvalue weighted by molar-refractivity contribution is 0.301. The topological polar surface area (TPSA) is 54.2 Å². The summed E-state index contributed by atoms with van der Waals surface area (Å²) in [7, 11) is 2.01. The van der Waals surface area contributed by atoms with Gasteiger partial charge in [-0.25, -0.2) is 0 Å². The van der Waals surface area contributed by atoms with Crippen molar-refractivity contribution >= 4 is 0 Å². The van der Waals surface area contributed by atoms with Crippen LogP contribution < -0.4 is 5.32 Å². The van der Waals surface area contributed by atoms with Crippen molar-refractivity contribution in [3.8, 4) is 0 Å². The molecular weight excluding hydrogens is 240 g/mol. The van der Waals surface area contributed by atoms with Gasteiger partial charge in [-0.3, -0.25) is 0 Å². The number of likely N-dealkylation sites (N-methyl/N-ethyl adjacent to an activating group) is 2. The second-order valence-electron chi connectivity index (χ2n) is 5.26. The first kappa shape index (κ1) is 14.5. The Labute approximate surface area is 115 Å². The third kappa shape index (κ3) is 3.54. The molecular formula is C14H26N4O. The SMILES string of the molecule is CCN(CC)CCc1noc(C2CCCC2NC)n1. The summed E-state index contributed by atoms with van der Waals surface area (Å²) in [5.74, 6) is 2.08. The molecule has 0 spiro atoms. The Kier molecular flexibility index (Phi) is 5.34. The Morgan fingerprint density at radius 2 is 2.11 bits per heavy atom. The van der Waals surface area contributed by atoms with Gasteiger partial charge < -0.3 is 14.7 Å². The molecule has 1 N–H and O–H groups in total. The van der Waals surface area contributed by atoms with Crippen molar-refractivity contribution in [1.82, 2.24) is 20.4 Å². The Balaban J connectivity index is 1.91. The molecule has 1 aromatic rings. The van der Waals surface area contributed by atoms with Gasteiger partial charge in [-0.2, -0.15) is 4.98 Å². The van der Waals surface area contributed by atoms with Crippen molar-refractivity contribution in [2.45, 2.75) is 51.5 Å². The molecule has 1 aliphatic rings. The third-order valence-electron chi connectivity index (χ3n) is 4.23. The summed E-state index contributed by atoms with van der Waals surface area (Å²) in [4.78, 5) is 6.96. The molecule has 108 valence electrons. The molecule has 0 aromatic carbocycles. The minimum atomic E-state index is 0.403. The minimum absolute atomic E-state index is 0.403. The third-order valence-corrected chi connectivity index (χ3v) is 4.23. The second kappa shape index (κ2) is 7.01. The molecule has 2 atom stereocenters. The Morgan fingerprint density at radius 1 is 1.32 bits per heavy atom. The Hall–Kier alpha value is -0.940. The van der Waals surface area contributed by atoms with Crippen LogP contribution in [0.3, 0.4) is 0 Å². The van der Waals surface area contributed by atoms with Crippen LogP contribution in [-0.4, -0.2) is 47.8 Å². The molecule has 2 unspecified atom stereocenters. The van der Waals surface area contributed by atoms with Gasteiger partial charge in [0.05, 0.1) is 5.92 Å². The molecule has 0 saturated heterocycles. The maximum Gasteiger partial charge on any atom is 0.231 e. The lowest BCUT2D eigenvalue weighted by Gasteiger charge is -2.16. The second-order valence-corrected chi connectivity index (χ2v) is 5.26. The largest absolute Gasteiger partial charge is 0.339 e. The molecule has 1 saturated carbocycles. The van der Waals surface area contributed by atoms with Gasteiger partial charge in [-0.15, -0.1) is 0 Å². The van der Waals surface area contributed by atoms with Gasteiger partial charge in [0, 0.05) is 19.0 Å². The van der Waals surface area contributed by atoms with E-state index < -0.39 is 0 Å². The van der Waals surface area contributed by atoms with Crippen LogP contribution >= 0.6 is 0 Å². The van der Waals surface area contributed by atoms with Crippen molar-refractivity contribution in [2.75, 3.05) is 26.7 Å². The van der Waals surface area contributed by atoms with E-state index in [9.17, 15) is 0 Å². The molecule has 0 bridgehead atoms. The molecule has 0 amide bonds. The predicted octanol–water partition coefficient (Wildman–Crippen LogP) is 1.81. The number of nitrogens with one attached hydrogen (secondary N) is 1. The summed E-state index contributed by atoms with van der Waals surface area (Å²) < 4.78 is 5.46. The fourth-order valence-electron chi connectivity index (χ4n) is 2.92. The molecule has 0 aliphatic heterocycles. The summed E-state index contributed by atoms with van der Waals surface area (Å²) in [5.41, 5.74) is 0. The highest BCUT2D eigenvalue weighted by atomic mass is 16.5. The molecule has 1 fully saturated rings. The lowest BCUT2D eigenvalue weighted by atomic mass is 10.0. The van der Waals surface area contributed by atoms with Crippen molar-refractivity contribution in [1.29, 1.82) is 0 Å². The van der Waals surface area contributed by atoms with Crippen LogP contribution in [-0.2, 0) is 6.42 Å². The van der Waals surface area contributed by atoms with E-state index in [2.05, 4.69) is 34.2 Å². The minimum Gasteiger partial charge on any atom is -0.339 e. The number of hydrogen-bond donors (Lipinski definition) is 1. The normalized spacial score (nSPS) is 23.4. The van der Waals surface area contributed by atoms with Crippen LogP contribution in [0.5, 0.6) is 0 Å². The van der Waals surface area contributed by atoms with E-state index in [0.717, 1.165) is 44.2 Å². The van der Waals surface area contributed by atoms with Crippen LogP contribution in [0.1, 0.15) is 50.7 Å². The summed E-state index contributed by atoms with van der Waals surface area (Å²) in [6.45, 7) is 7.52. The molecule has 19 heavy (non-hydrogen) atoms. The quantitative estimate of drug-likeness (QED) is 0.815. The van der Waals surface area contributed by atoms with Crippen molar-refractivity contribution < 1.29 is 4.52 Å². The van der Waals surface area contributed by atoms with Gasteiger partial charge in [-0.1, -0.05) is 25.4 Å². The van der Waals surface area contributed by atoms with Crippen molar-refractivity contribution in [3.63, 3.8) is 0 Å². The van der Waals surface area contributed by atoms with Crippen molar-refractivity contribution in [2.24, 2.45) is 0 Å². The van der Waals surface area contributed by atoms with Gasteiger partial charge in [0.15, 0.2) is 5.82 Å². The standard InChI is InChI=1S/C14H26N4O/c1-4-18(5-2)10-9-13-16-14(19-17-13)11-7-6-8-12(11)15-3/h11-12,15H,4-10H2,1-3H3. The summed E-state index contributed by atoms with van der Waals surface area (Å²) >= 11 is 0.